The molecule has 0 spiro atoms. The quantitative estimate of drug-likeness (QED) is 0.621. The average Bonchev–Trinajstić information content (AvgIpc) is 3.21. The molecule has 1 N–H and O–H groups in total. The zero-order valence-electron chi connectivity index (χ0n) is 16.2. The number of anilines is 1. The molecule has 1 heterocycles. The van der Waals surface area contributed by atoms with E-state index < -0.39 is 0 Å². The molecule has 0 radical (unpaired) electrons. The van der Waals surface area contributed by atoms with Gasteiger partial charge in [0.2, 0.25) is 18.6 Å². The van der Waals surface area contributed by atoms with E-state index in [0.717, 1.165) is 10.8 Å². The molecule has 0 saturated carbocycles. The number of nitrogens with zero attached hydrogens (tertiary/aromatic N) is 1. The number of hydrogen-bond acceptors (Lipinski definition) is 4. The summed E-state index contributed by atoms with van der Waals surface area (Å²) in [7, 11) is 1.57. The molecule has 0 fully saturated rings. The van der Waals surface area contributed by atoms with Gasteiger partial charge < -0.3 is 19.7 Å². The van der Waals surface area contributed by atoms with Gasteiger partial charge >= 0.3 is 0 Å². The van der Waals surface area contributed by atoms with Crippen LogP contribution in [0.1, 0.15) is 5.56 Å². The Balaban J connectivity index is 1.39. The Morgan fingerprint density at radius 1 is 1.13 bits per heavy atom. The molecule has 1 aliphatic heterocycles. The van der Waals surface area contributed by atoms with Crippen LogP contribution in [0.15, 0.2) is 60.7 Å². The minimum atomic E-state index is -0.308. The molecule has 6 nitrogen and oxygen atoms in total. The highest BCUT2D eigenvalue weighted by Crippen LogP contribution is 2.40. The fourth-order valence-corrected chi connectivity index (χ4v) is 3.47. The minimum absolute atomic E-state index is 0.0751. The standard InChI is InChI=1S/C23H19ClN2O4/c1-26(13-21(27)25-19-8-4-6-16-5-2-3-7-17(16)19)22(28)10-9-15-11-18(24)23-20(12-15)29-14-30-23/h2-12H,13-14H2,1H3,(H,25,27)/b10-9+. The third-order valence-corrected chi connectivity index (χ3v) is 4.97. The number of carbonyl (C=O) groups excluding carboxylic acids is 2. The van der Waals surface area contributed by atoms with Gasteiger partial charge in [-0.1, -0.05) is 48.0 Å². The second kappa shape index (κ2) is 8.47. The summed E-state index contributed by atoms with van der Waals surface area (Å²) in [5, 5.41) is 5.27. The first kappa shape index (κ1) is 19.8. The molecular formula is C23H19ClN2O4. The van der Waals surface area contributed by atoms with Crippen molar-refractivity contribution in [1.82, 2.24) is 4.90 Å². The first-order valence-electron chi connectivity index (χ1n) is 9.31. The van der Waals surface area contributed by atoms with Gasteiger partial charge in [-0.3, -0.25) is 9.59 Å². The predicted octanol–water partition coefficient (Wildman–Crippen LogP) is 4.33. The predicted molar refractivity (Wildman–Crippen MR) is 117 cm³/mol. The minimum Gasteiger partial charge on any atom is -0.454 e. The smallest absolute Gasteiger partial charge is 0.246 e. The Hall–Kier alpha value is -3.51. The number of carbonyl (C=O) groups is 2. The molecule has 2 amide bonds. The molecule has 0 aliphatic carbocycles. The molecule has 1 aliphatic rings. The number of halogens is 1. The highest BCUT2D eigenvalue weighted by molar-refractivity contribution is 6.32. The first-order chi connectivity index (χ1) is 14.5. The molecule has 4 rings (SSSR count). The summed E-state index contributed by atoms with van der Waals surface area (Å²) in [5.41, 5.74) is 1.41. The summed E-state index contributed by atoms with van der Waals surface area (Å²) >= 11 is 6.15. The van der Waals surface area contributed by atoms with E-state index in [1.807, 2.05) is 42.5 Å². The molecule has 0 unspecified atom stereocenters. The highest BCUT2D eigenvalue weighted by atomic mass is 35.5. The van der Waals surface area contributed by atoms with Crippen LogP contribution >= 0.6 is 11.6 Å². The molecule has 30 heavy (non-hydrogen) atoms. The van der Waals surface area contributed by atoms with Gasteiger partial charge in [0.15, 0.2) is 11.5 Å². The molecule has 3 aromatic carbocycles. The summed E-state index contributed by atoms with van der Waals surface area (Å²) in [6.45, 7) is 0.0456. The van der Waals surface area contributed by atoms with Gasteiger partial charge in [-0.25, -0.2) is 0 Å². The van der Waals surface area contributed by atoms with Crippen molar-refractivity contribution >= 4 is 46.0 Å². The van der Waals surface area contributed by atoms with Crippen molar-refractivity contribution in [2.75, 3.05) is 25.7 Å². The number of benzene rings is 3. The zero-order valence-corrected chi connectivity index (χ0v) is 17.0. The molecule has 0 aromatic heterocycles. The third-order valence-electron chi connectivity index (χ3n) is 4.69. The van der Waals surface area contributed by atoms with E-state index in [4.69, 9.17) is 21.1 Å². The highest BCUT2D eigenvalue weighted by Gasteiger charge is 2.18. The molecule has 152 valence electrons. The molecule has 0 atom stereocenters. The number of amides is 2. The van der Waals surface area contributed by atoms with Crippen molar-refractivity contribution in [3.05, 3.63) is 71.3 Å². The van der Waals surface area contributed by atoms with Crippen molar-refractivity contribution < 1.29 is 19.1 Å². The Kier molecular flexibility index (Phi) is 5.59. The van der Waals surface area contributed by atoms with Crippen molar-refractivity contribution in [2.24, 2.45) is 0 Å². The van der Waals surface area contributed by atoms with Crippen LogP contribution in [0.2, 0.25) is 5.02 Å². The molecular weight excluding hydrogens is 404 g/mol. The van der Waals surface area contributed by atoms with Crippen molar-refractivity contribution in [3.63, 3.8) is 0 Å². The fourth-order valence-electron chi connectivity index (χ4n) is 3.20. The zero-order chi connectivity index (χ0) is 21.1. The van der Waals surface area contributed by atoms with Crippen molar-refractivity contribution in [2.45, 2.75) is 0 Å². The van der Waals surface area contributed by atoms with Gasteiger partial charge in [-0.15, -0.1) is 0 Å². The second-order valence-corrected chi connectivity index (χ2v) is 7.25. The Morgan fingerprint density at radius 3 is 2.80 bits per heavy atom. The van der Waals surface area contributed by atoms with E-state index in [1.54, 1.807) is 25.3 Å². The Bertz CT molecular complexity index is 1150. The van der Waals surface area contributed by atoms with Crippen LogP contribution in [0.5, 0.6) is 11.5 Å². The topological polar surface area (TPSA) is 67.9 Å². The van der Waals surface area contributed by atoms with Gasteiger partial charge in [-0.2, -0.15) is 0 Å². The largest absolute Gasteiger partial charge is 0.454 e. The van der Waals surface area contributed by atoms with E-state index in [2.05, 4.69) is 5.32 Å². The summed E-state index contributed by atoms with van der Waals surface area (Å²) in [4.78, 5) is 26.2. The van der Waals surface area contributed by atoms with Crippen molar-refractivity contribution in [1.29, 1.82) is 0 Å². The second-order valence-electron chi connectivity index (χ2n) is 6.84. The number of nitrogens with one attached hydrogen (secondary N) is 1. The number of rotatable bonds is 5. The maximum Gasteiger partial charge on any atom is 0.246 e. The third kappa shape index (κ3) is 4.23. The van der Waals surface area contributed by atoms with Crippen LogP contribution in [0, 0.1) is 0 Å². The van der Waals surface area contributed by atoms with Crippen LogP contribution in [0.4, 0.5) is 5.69 Å². The van der Waals surface area contributed by atoms with Gasteiger partial charge in [0.25, 0.3) is 0 Å². The van der Waals surface area contributed by atoms with Gasteiger partial charge in [0.05, 0.1) is 11.6 Å². The number of fused-ring (bicyclic) bond motifs is 2. The van der Waals surface area contributed by atoms with Gasteiger partial charge in [0, 0.05) is 24.2 Å². The van der Waals surface area contributed by atoms with Crippen LogP contribution in [0.25, 0.3) is 16.8 Å². The van der Waals surface area contributed by atoms with Gasteiger partial charge in [0.1, 0.15) is 0 Å². The normalized spacial score (nSPS) is 12.3. The number of likely N-dealkylation sites (N-methyl/N-ethyl adjacent to an activating group) is 1. The van der Waals surface area contributed by atoms with Gasteiger partial charge in [-0.05, 0) is 35.2 Å². The van der Waals surface area contributed by atoms with E-state index in [-0.39, 0.29) is 25.2 Å². The maximum atomic E-state index is 12.4. The Morgan fingerprint density at radius 2 is 1.93 bits per heavy atom. The molecule has 7 heteroatoms. The van der Waals surface area contributed by atoms with Crippen LogP contribution in [-0.4, -0.2) is 37.1 Å². The molecule has 3 aromatic rings. The number of ether oxygens (including phenoxy) is 2. The van der Waals surface area contributed by atoms with Crippen LogP contribution in [-0.2, 0) is 9.59 Å². The monoisotopic (exact) mass is 422 g/mol. The average molecular weight is 423 g/mol. The fraction of sp³-hybridized carbons (Fsp3) is 0.130. The Labute approximate surface area is 178 Å². The van der Waals surface area contributed by atoms with E-state index in [1.165, 1.54) is 11.0 Å². The summed E-state index contributed by atoms with van der Waals surface area (Å²) < 4.78 is 10.6. The van der Waals surface area contributed by atoms with Crippen LogP contribution < -0.4 is 14.8 Å². The molecule has 0 saturated heterocycles. The lowest BCUT2D eigenvalue weighted by atomic mass is 10.1. The summed E-state index contributed by atoms with van der Waals surface area (Å²) in [6, 6.07) is 16.9. The first-order valence-corrected chi connectivity index (χ1v) is 9.69. The van der Waals surface area contributed by atoms with Crippen LogP contribution in [0.3, 0.4) is 0 Å². The maximum absolute atomic E-state index is 12.4. The number of hydrogen-bond donors (Lipinski definition) is 1. The lowest BCUT2D eigenvalue weighted by Crippen LogP contribution is -2.33. The van der Waals surface area contributed by atoms with E-state index in [9.17, 15) is 9.59 Å². The lowest BCUT2D eigenvalue weighted by Gasteiger charge is -2.15. The summed E-state index contributed by atoms with van der Waals surface area (Å²) in [6.07, 6.45) is 3.01. The van der Waals surface area contributed by atoms with E-state index >= 15 is 0 Å². The van der Waals surface area contributed by atoms with E-state index in [0.29, 0.717) is 27.8 Å². The SMILES string of the molecule is CN(CC(=O)Nc1cccc2ccccc12)C(=O)/C=C/c1cc(Cl)c2c(c1)OCO2. The lowest BCUT2D eigenvalue weighted by molar-refractivity contribution is -0.129. The summed E-state index contributed by atoms with van der Waals surface area (Å²) in [5.74, 6) is 0.457. The van der Waals surface area contributed by atoms with Crippen molar-refractivity contribution in [3.8, 4) is 11.5 Å². The molecule has 0 bridgehead atoms.